The van der Waals surface area contributed by atoms with E-state index in [1.165, 1.54) is 0 Å². The second-order valence-electron chi connectivity index (χ2n) is 9.31. The van der Waals surface area contributed by atoms with E-state index < -0.39 is 12.0 Å². The standard InChI is InChI=1S/C25H30ClN3O4/c1-2-33-25(32)18-12-13-28(14-21(18)30)23-17-6-3-4-9-20(17)29(27-23)24(31)22-16(15-10-11-15)7-5-8-19(22)26/h5,7-8,15,18,21,30H,2-4,6,9-14H2,1H3/t18-,21-/m1/s1. The number of aromatic nitrogens is 2. The van der Waals surface area contributed by atoms with E-state index in [2.05, 4.69) is 0 Å². The fourth-order valence-electron chi connectivity index (χ4n) is 5.26. The predicted molar refractivity (Wildman–Crippen MR) is 125 cm³/mol. The summed E-state index contributed by atoms with van der Waals surface area (Å²) in [5.74, 6) is 0.0996. The Morgan fingerprint density at radius 1 is 1.21 bits per heavy atom. The first kappa shape index (κ1) is 22.4. The first-order valence-corrected chi connectivity index (χ1v) is 12.4. The highest BCUT2D eigenvalue weighted by molar-refractivity contribution is 6.34. The number of rotatable bonds is 5. The third-order valence-electron chi connectivity index (χ3n) is 7.10. The van der Waals surface area contributed by atoms with E-state index >= 15 is 0 Å². The number of nitrogens with zero attached hydrogens (tertiary/aromatic N) is 3. The van der Waals surface area contributed by atoms with Crippen molar-refractivity contribution in [3.8, 4) is 0 Å². The van der Waals surface area contributed by atoms with Crippen LogP contribution in [0.1, 0.15) is 72.1 Å². The largest absolute Gasteiger partial charge is 0.466 e. The van der Waals surface area contributed by atoms with Crippen molar-refractivity contribution < 1.29 is 19.4 Å². The number of fused-ring (bicyclic) bond motifs is 1. The van der Waals surface area contributed by atoms with Crippen molar-refractivity contribution in [2.45, 2.75) is 63.9 Å². The van der Waals surface area contributed by atoms with Gasteiger partial charge in [0, 0.05) is 18.7 Å². The number of aliphatic hydroxyl groups excluding tert-OH is 1. The Kier molecular flexibility index (Phi) is 6.18. The average Bonchev–Trinajstić information content (AvgIpc) is 3.58. The number of hydrogen-bond acceptors (Lipinski definition) is 6. The number of anilines is 1. The summed E-state index contributed by atoms with van der Waals surface area (Å²) < 4.78 is 6.68. The van der Waals surface area contributed by atoms with E-state index in [1.54, 1.807) is 17.7 Å². The molecule has 0 amide bonds. The fraction of sp³-hybridized carbons (Fsp3) is 0.560. The van der Waals surface area contributed by atoms with Crippen molar-refractivity contribution in [1.82, 2.24) is 9.78 Å². The molecule has 2 aliphatic carbocycles. The molecule has 2 fully saturated rings. The molecule has 2 aromatic rings. The van der Waals surface area contributed by atoms with Crippen molar-refractivity contribution in [2.24, 2.45) is 5.92 Å². The van der Waals surface area contributed by atoms with Crippen LogP contribution in [-0.2, 0) is 22.4 Å². The van der Waals surface area contributed by atoms with E-state index in [-0.39, 0.29) is 11.9 Å². The lowest BCUT2D eigenvalue weighted by Gasteiger charge is -2.35. The Balaban J connectivity index is 1.47. The van der Waals surface area contributed by atoms with Gasteiger partial charge in [-0.25, -0.2) is 0 Å². The van der Waals surface area contributed by atoms with Crippen LogP contribution < -0.4 is 4.90 Å². The zero-order chi connectivity index (χ0) is 23.1. The Morgan fingerprint density at radius 2 is 2.00 bits per heavy atom. The number of aliphatic hydroxyl groups is 1. The van der Waals surface area contributed by atoms with Gasteiger partial charge in [-0.05, 0) is 69.4 Å². The number of esters is 1. The molecule has 2 atom stereocenters. The molecule has 3 aliphatic rings. The molecule has 1 aromatic carbocycles. The summed E-state index contributed by atoms with van der Waals surface area (Å²) in [6, 6.07) is 5.68. The molecular weight excluding hydrogens is 442 g/mol. The summed E-state index contributed by atoms with van der Waals surface area (Å²) in [6.45, 7) is 2.94. The maximum absolute atomic E-state index is 13.8. The lowest BCUT2D eigenvalue weighted by Crippen LogP contribution is -2.47. The summed E-state index contributed by atoms with van der Waals surface area (Å²) in [7, 11) is 0. The van der Waals surface area contributed by atoms with Gasteiger partial charge in [0.25, 0.3) is 5.91 Å². The maximum atomic E-state index is 13.8. The van der Waals surface area contributed by atoms with Crippen LogP contribution in [0.25, 0.3) is 0 Å². The van der Waals surface area contributed by atoms with Crippen molar-refractivity contribution in [3.05, 3.63) is 45.6 Å². The number of benzene rings is 1. The predicted octanol–water partition coefficient (Wildman–Crippen LogP) is 3.73. The molecule has 5 rings (SSSR count). The summed E-state index contributed by atoms with van der Waals surface area (Å²) in [5.41, 5.74) is 3.60. The number of β-amino-alcohol motifs (C(OH)–C–C–N with tert-alkyl or cyclic N) is 1. The van der Waals surface area contributed by atoms with Gasteiger partial charge in [-0.15, -0.1) is 5.10 Å². The Morgan fingerprint density at radius 3 is 2.73 bits per heavy atom. The molecule has 1 N–H and O–H groups in total. The van der Waals surface area contributed by atoms with Crippen LogP contribution in [0.4, 0.5) is 5.82 Å². The van der Waals surface area contributed by atoms with Crippen molar-refractivity contribution in [2.75, 3.05) is 24.6 Å². The van der Waals surface area contributed by atoms with Crippen LogP contribution in [-0.4, -0.2) is 52.6 Å². The number of carbonyl (C=O) groups excluding carboxylic acids is 2. The molecule has 1 aliphatic heterocycles. The summed E-state index contributed by atoms with van der Waals surface area (Å²) >= 11 is 6.53. The Bertz CT molecular complexity index is 1080. The van der Waals surface area contributed by atoms with E-state index in [4.69, 9.17) is 21.4 Å². The summed E-state index contributed by atoms with van der Waals surface area (Å²) in [4.78, 5) is 28.0. The molecule has 33 heavy (non-hydrogen) atoms. The quantitative estimate of drug-likeness (QED) is 0.669. The third-order valence-corrected chi connectivity index (χ3v) is 7.41. The van der Waals surface area contributed by atoms with Crippen LogP contribution in [0.5, 0.6) is 0 Å². The molecule has 1 saturated carbocycles. The molecule has 2 heterocycles. The van der Waals surface area contributed by atoms with Gasteiger partial charge < -0.3 is 14.7 Å². The molecule has 0 unspecified atom stereocenters. The van der Waals surface area contributed by atoms with Gasteiger partial charge in [0.05, 0.1) is 34.9 Å². The minimum atomic E-state index is -0.831. The van der Waals surface area contributed by atoms with E-state index in [0.717, 1.165) is 61.2 Å². The molecule has 7 nitrogen and oxygen atoms in total. The number of ether oxygens (including phenoxy) is 1. The number of hydrogen-bond donors (Lipinski definition) is 1. The SMILES string of the molecule is CCOC(=O)[C@@H]1CCN(c2nn(C(=O)c3c(Cl)cccc3C3CC3)c3c2CCCC3)C[C@H]1O. The minimum absolute atomic E-state index is 0.172. The minimum Gasteiger partial charge on any atom is -0.466 e. The fourth-order valence-corrected chi connectivity index (χ4v) is 5.52. The van der Waals surface area contributed by atoms with Crippen LogP contribution in [0, 0.1) is 5.92 Å². The lowest BCUT2D eigenvalue weighted by molar-refractivity contribution is -0.152. The second kappa shape index (κ2) is 9.11. The smallest absolute Gasteiger partial charge is 0.311 e. The van der Waals surface area contributed by atoms with Crippen LogP contribution in [0.2, 0.25) is 5.02 Å². The van der Waals surface area contributed by atoms with Crippen LogP contribution in [0.3, 0.4) is 0 Å². The van der Waals surface area contributed by atoms with E-state index in [9.17, 15) is 14.7 Å². The normalized spacial score (nSPS) is 22.7. The average molecular weight is 472 g/mol. The van der Waals surface area contributed by atoms with Crippen molar-refractivity contribution in [3.63, 3.8) is 0 Å². The first-order valence-electron chi connectivity index (χ1n) is 12.0. The van der Waals surface area contributed by atoms with Crippen molar-refractivity contribution in [1.29, 1.82) is 0 Å². The molecule has 1 aromatic heterocycles. The van der Waals surface area contributed by atoms with E-state index in [1.807, 2.05) is 17.0 Å². The number of piperidine rings is 1. The molecule has 176 valence electrons. The second-order valence-corrected chi connectivity index (χ2v) is 9.72. The van der Waals surface area contributed by atoms with Gasteiger partial charge in [-0.3, -0.25) is 9.59 Å². The highest BCUT2D eigenvalue weighted by Crippen LogP contribution is 2.43. The van der Waals surface area contributed by atoms with E-state index in [0.29, 0.717) is 42.6 Å². The van der Waals surface area contributed by atoms with Crippen LogP contribution >= 0.6 is 11.6 Å². The molecule has 0 radical (unpaired) electrons. The highest BCUT2D eigenvalue weighted by atomic mass is 35.5. The molecule has 0 bridgehead atoms. The van der Waals surface area contributed by atoms with Crippen LogP contribution in [0.15, 0.2) is 18.2 Å². The Labute approximate surface area is 198 Å². The third kappa shape index (κ3) is 4.17. The molecule has 1 saturated heterocycles. The topological polar surface area (TPSA) is 84.7 Å². The van der Waals surface area contributed by atoms with Gasteiger partial charge in [-0.2, -0.15) is 4.68 Å². The van der Waals surface area contributed by atoms with Gasteiger partial charge >= 0.3 is 5.97 Å². The Hall–Kier alpha value is -2.38. The van der Waals surface area contributed by atoms with Gasteiger partial charge in [0.1, 0.15) is 0 Å². The summed E-state index contributed by atoms with van der Waals surface area (Å²) in [6.07, 6.45) is 5.52. The first-order chi connectivity index (χ1) is 16.0. The zero-order valence-corrected chi connectivity index (χ0v) is 19.7. The molecule has 8 heteroatoms. The highest BCUT2D eigenvalue weighted by Gasteiger charge is 2.37. The number of carbonyl (C=O) groups is 2. The van der Waals surface area contributed by atoms with Gasteiger partial charge in [-0.1, -0.05) is 23.7 Å². The monoisotopic (exact) mass is 471 g/mol. The zero-order valence-electron chi connectivity index (χ0n) is 18.9. The van der Waals surface area contributed by atoms with Gasteiger partial charge in [0.2, 0.25) is 0 Å². The molecular formula is C25H30ClN3O4. The lowest BCUT2D eigenvalue weighted by atomic mass is 9.92. The van der Waals surface area contributed by atoms with Gasteiger partial charge in [0.15, 0.2) is 5.82 Å². The molecule has 0 spiro atoms. The summed E-state index contributed by atoms with van der Waals surface area (Å²) in [5, 5.41) is 15.9. The van der Waals surface area contributed by atoms with Crippen molar-refractivity contribution >= 4 is 29.3 Å². The maximum Gasteiger partial charge on any atom is 0.311 e. The number of halogens is 1.